The van der Waals surface area contributed by atoms with Crippen molar-refractivity contribution in [3.63, 3.8) is 0 Å². The Labute approximate surface area is 341 Å². The number of fused-ring (bicyclic) bond motifs is 1. The lowest BCUT2D eigenvalue weighted by Crippen LogP contribution is -2.62. The summed E-state index contributed by atoms with van der Waals surface area (Å²) in [6.45, 7) is 9.46. The van der Waals surface area contributed by atoms with Crippen LogP contribution in [0.4, 0.5) is 28.0 Å². The first-order valence-corrected chi connectivity index (χ1v) is 19.4. The van der Waals surface area contributed by atoms with E-state index in [2.05, 4.69) is 59.0 Å². The molecule has 60 heavy (non-hydrogen) atoms. The molecule has 0 bridgehead atoms. The zero-order valence-corrected chi connectivity index (χ0v) is 33.0. The minimum absolute atomic E-state index is 0.00925. The molecule has 19 heteroatoms. The largest absolute Gasteiger partial charge is 0.491 e. The normalized spacial score (nSPS) is 19.3. The van der Waals surface area contributed by atoms with E-state index in [1.807, 2.05) is 25.1 Å². The quantitative estimate of drug-likeness (QED) is 0.0540. The number of aryl methyl sites for hydroxylation is 1. The summed E-state index contributed by atoms with van der Waals surface area (Å²) in [7, 11) is 0. The Morgan fingerprint density at radius 1 is 1.10 bits per heavy atom. The van der Waals surface area contributed by atoms with Gasteiger partial charge in [-0.25, -0.2) is 24.1 Å². The van der Waals surface area contributed by atoms with Crippen LogP contribution in [-0.4, -0.2) is 95.9 Å². The van der Waals surface area contributed by atoms with Gasteiger partial charge in [-0.15, -0.1) is 0 Å². The van der Waals surface area contributed by atoms with Crippen molar-refractivity contribution in [2.24, 2.45) is 20.9 Å². The molecule has 2 aromatic carbocycles. The van der Waals surface area contributed by atoms with Crippen LogP contribution in [0.25, 0.3) is 22.6 Å². The Balaban J connectivity index is 0.828. The highest BCUT2D eigenvalue weighted by molar-refractivity contribution is 6.05. The van der Waals surface area contributed by atoms with E-state index in [9.17, 15) is 27.6 Å². The lowest BCUT2D eigenvalue weighted by Gasteiger charge is -2.60. The van der Waals surface area contributed by atoms with Crippen LogP contribution >= 0.6 is 0 Å². The second-order valence-corrected chi connectivity index (χ2v) is 16.2. The van der Waals surface area contributed by atoms with E-state index in [4.69, 9.17) is 9.26 Å². The van der Waals surface area contributed by atoms with Gasteiger partial charge in [-0.2, -0.15) is 18.3 Å². The highest BCUT2D eigenvalue weighted by Crippen LogP contribution is 2.58. The monoisotopic (exact) mass is 830 g/mol. The Kier molecular flexibility index (Phi) is 10.4. The second-order valence-electron chi connectivity index (χ2n) is 16.2. The van der Waals surface area contributed by atoms with Crippen LogP contribution < -0.4 is 25.7 Å². The Morgan fingerprint density at radius 2 is 1.88 bits per heavy atom. The topological polar surface area (TPSA) is 180 Å². The van der Waals surface area contributed by atoms with E-state index < -0.39 is 35.2 Å². The Hall–Kier alpha value is -6.24. The molecule has 1 saturated carbocycles. The van der Waals surface area contributed by atoms with Crippen molar-refractivity contribution in [1.29, 1.82) is 0 Å². The number of nitrogens with zero attached hydrogens (tertiary/aromatic N) is 7. The van der Waals surface area contributed by atoms with Crippen LogP contribution in [0.5, 0.6) is 5.75 Å². The fourth-order valence-corrected chi connectivity index (χ4v) is 8.28. The summed E-state index contributed by atoms with van der Waals surface area (Å²) >= 11 is 0. The molecule has 4 aromatic rings. The average Bonchev–Trinajstić information content (AvgIpc) is 3.83. The second kappa shape index (κ2) is 15.4. The zero-order chi connectivity index (χ0) is 42.6. The fraction of sp³-hybridized carbons (Fsp3) is 0.415. The molecule has 15 nitrogen and oxygen atoms in total. The van der Waals surface area contributed by atoms with Gasteiger partial charge in [0.2, 0.25) is 11.7 Å². The number of urea groups is 1. The third-order valence-corrected chi connectivity index (χ3v) is 11.8. The first-order chi connectivity index (χ1) is 28.6. The molecule has 2 saturated heterocycles. The highest BCUT2D eigenvalue weighted by atomic mass is 19.4. The number of rotatable bonds is 11. The van der Waals surface area contributed by atoms with Gasteiger partial charge in [0.1, 0.15) is 23.6 Å². The molecular formula is C41H42F4N10O5. The van der Waals surface area contributed by atoms with Gasteiger partial charge in [0.15, 0.2) is 17.4 Å². The van der Waals surface area contributed by atoms with Gasteiger partial charge < -0.3 is 20.0 Å². The van der Waals surface area contributed by atoms with Crippen LogP contribution in [0.3, 0.4) is 0 Å². The molecule has 1 spiro atoms. The standard InChI is InChI=1S/C41H42F4N10O5/c1-22-27(18-48-35(50-22)29-15-33(60-53-29)36(57)47-10-11-49-52-37(46-4)39(2,3)41(43,44)45)24-5-7-26-31(19-59-32(26)14-24)54-20-40(21-54)16-25(17-40)23-6-8-30(28(42)13-23)55-12-9-34(56)51-38(55)58/h5-8,13-15,18,25,31,49H,4,9-12,16-17,19-21H2,1-3H3,(H,47,57)(H,51,56,58)/b52-37-. The number of carbonyl (C=O) groups is 3. The Bertz CT molecular complexity index is 2400. The van der Waals surface area contributed by atoms with Crippen molar-refractivity contribution < 1.29 is 41.2 Å². The van der Waals surface area contributed by atoms with Crippen molar-refractivity contribution in [3.8, 4) is 28.4 Å². The van der Waals surface area contributed by atoms with Gasteiger partial charge >= 0.3 is 12.2 Å². The van der Waals surface area contributed by atoms with Gasteiger partial charge in [0.25, 0.3) is 5.91 Å². The first kappa shape index (κ1) is 40.5. The summed E-state index contributed by atoms with van der Waals surface area (Å²) in [5.74, 6) is -0.763. The number of carbonyl (C=O) groups excluding carboxylic acids is 3. The molecule has 1 unspecified atom stereocenters. The van der Waals surface area contributed by atoms with Crippen molar-refractivity contribution in [2.75, 3.05) is 44.2 Å². The number of likely N-dealkylation sites (tertiary alicyclic amines) is 1. The SMILES string of the molecule is C=N/C(=N\NCCNC(=O)c1cc(-c2ncc(-c3ccc4c(c3)OCC4N3CC4(CC(c5ccc(N6CCC(=O)NC6=O)c(F)c5)C4)C3)c(C)n2)no1)C(C)(C)C(F)(F)F. The van der Waals surface area contributed by atoms with Gasteiger partial charge in [0.05, 0.1) is 18.3 Å². The molecule has 4 aliphatic rings. The van der Waals surface area contributed by atoms with Crippen molar-refractivity contribution >= 4 is 36.1 Å². The summed E-state index contributed by atoms with van der Waals surface area (Å²) < 4.78 is 66.4. The summed E-state index contributed by atoms with van der Waals surface area (Å²) in [6, 6.07) is 12.1. The summed E-state index contributed by atoms with van der Waals surface area (Å²) in [6.07, 6.45) is -0.849. The van der Waals surface area contributed by atoms with Crippen molar-refractivity contribution in [2.45, 2.75) is 58.2 Å². The number of halogens is 4. The lowest BCUT2D eigenvalue weighted by atomic mass is 9.56. The molecule has 3 N–H and O–H groups in total. The number of alkyl halides is 3. The maximum absolute atomic E-state index is 15.1. The molecule has 314 valence electrons. The van der Waals surface area contributed by atoms with Gasteiger partial charge in [-0.3, -0.25) is 24.7 Å². The molecule has 8 rings (SSSR count). The number of aliphatic imine (C=N–C) groups is 1. The van der Waals surface area contributed by atoms with Gasteiger partial charge in [-0.1, -0.05) is 23.4 Å². The number of hydrogen-bond donors (Lipinski definition) is 3. The molecule has 5 heterocycles. The van der Waals surface area contributed by atoms with Gasteiger partial charge in [0, 0.05) is 61.7 Å². The number of imide groups is 1. The molecule has 2 aromatic heterocycles. The third kappa shape index (κ3) is 7.57. The van der Waals surface area contributed by atoms with E-state index in [1.165, 1.54) is 17.0 Å². The number of amides is 4. The zero-order valence-electron chi connectivity index (χ0n) is 33.0. The lowest BCUT2D eigenvalue weighted by molar-refractivity contribution is -0.186. The minimum Gasteiger partial charge on any atom is -0.491 e. The molecular weight excluding hydrogens is 789 g/mol. The predicted molar refractivity (Wildman–Crippen MR) is 211 cm³/mol. The number of aromatic nitrogens is 3. The van der Waals surface area contributed by atoms with E-state index in [0.717, 1.165) is 67.8 Å². The molecule has 0 radical (unpaired) electrons. The number of hydrazone groups is 1. The minimum atomic E-state index is -4.58. The number of ether oxygens (including phenoxy) is 1. The highest BCUT2D eigenvalue weighted by Gasteiger charge is 2.55. The molecule has 3 aliphatic heterocycles. The number of amidine groups is 1. The Morgan fingerprint density at radius 3 is 2.58 bits per heavy atom. The van der Waals surface area contributed by atoms with Crippen molar-refractivity contribution in [1.82, 2.24) is 36.1 Å². The predicted octanol–water partition coefficient (Wildman–Crippen LogP) is 5.93. The van der Waals surface area contributed by atoms with E-state index in [1.54, 1.807) is 12.3 Å². The molecule has 1 aliphatic carbocycles. The summed E-state index contributed by atoms with van der Waals surface area (Å²) in [5.41, 5.74) is 5.14. The summed E-state index contributed by atoms with van der Waals surface area (Å²) in [4.78, 5) is 52.5. The van der Waals surface area contributed by atoms with E-state index >= 15 is 4.39 Å². The third-order valence-electron chi connectivity index (χ3n) is 11.8. The smallest absolute Gasteiger partial charge is 0.401 e. The fourth-order valence-electron chi connectivity index (χ4n) is 8.28. The average molecular weight is 831 g/mol. The maximum Gasteiger partial charge on any atom is 0.401 e. The van der Waals surface area contributed by atoms with Crippen LogP contribution in [-0.2, 0) is 4.79 Å². The maximum atomic E-state index is 15.1. The molecule has 4 amide bonds. The van der Waals surface area contributed by atoms with Crippen LogP contribution in [0.1, 0.15) is 72.4 Å². The van der Waals surface area contributed by atoms with Crippen LogP contribution in [0.15, 0.2) is 63.3 Å². The number of nitrogens with one attached hydrogen (secondary N) is 3. The number of benzene rings is 2. The van der Waals surface area contributed by atoms with Gasteiger partial charge in [-0.05, 0) is 81.0 Å². The van der Waals surface area contributed by atoms with Crippen LogP contribution in [0, 0.1) is 23.6 Å². The number of anilines is 1. The molecule has 3 fully saturated rings. The van der Waals surface area contributed by atoms with Crippen LogP contribution in [0.2, 0.25) is 0 Å². The first-order valence-electron chi connectivity index (χ1n) is 19.4. The summed E-state index contributed by atoms with van der Waals surface area (Å²) in [5, 5.41) is 12.4. The number of hydrogen-bond acceptors (Lipinski definition) is 11. The molecule has 1 atom stereocenters. The van der Waals surface area contributed by atoms with Crippen molar-refractivity contribution in [3.05, 3.63) is 77.1 Å². The van der Waals surface area contributed by atoms with E-state index in [0.29, 0.717) is 12.3 Å². The van der Waals surface area contributed by atoms with E-state index in [-0.39, 0.29) is 72.3 Å².